The van der Waals surface area contributed by atoms with Gasteiger partial charge in [-0.1, -0.05) is 13.8 Å². The van der Waals surface area contributed by atoms with Gasteiger partial charge >= 0.3 is 10.2 Å². The van der Waals surface area contributed by atoms with Crippen molar-refractivity contribution in [2.75, 3.05) is 0 Å². The fourth-order valence-corrected chi connectivity index (χ4v) is 2.53. The second-order valence-electron chi connectivity index (χ2n) is 2.99. The van der Waals surface area contributed by atoms with Gasteiger partial charge in [0.2, 0.25) is 0 Å². The van der Waals surface area contributed by atoms with E-state index in [-0.39, 0.29) is 4.90 Å². The molecule has 0 saturated carbocycles. The molecule has 1 heterocycles. The molecule has 6 heteroatoms. The maximum atomic E-state index is 12.9. The average Bonchev–Trinajstić information content (AvgIpc) is 2.40. The second kappa shape index (κ2) is 3.68. The molecule has 14 heavy (non-hydrogen) atoms. The van der Waals surface area contributed by atoms with Crippen molar-refractivity contribution in [3.8, 4) is 0 Å². The van der Waals surface area contributed by atoms with E-state index < -0.39 is 10.2 Å². The van der Waals surface area contributed by atoms with Crippen molar-refractivity contribution in [3.63, 3.8) is 0 Å². The lowest BCUT2D eigenvalue weighted by molar-refractivity contribution is 0.549. The van der Waals surface area contributed by atoms with Gasteiger partial charge in [0.25, 0.3) is 0 Å². The summed E-state index contributed by atoms with van der Waals surface area (Å²) in [6.45, 7) is 3.52. The molecule has 0 fully saturated rings. The maximum absolute atomic E-state index is 12.9. The highest BCUT2D eigenvalue weighted by Crippen LogP contribution is 2.22. The third kappa shape index (κ3) is 1.79. The SMILES string of the molecule is CCc1nn(C)c(CC)c1S(=O)(=O)F. The number of hydrogen-bond donors (Lipinski definition) is 0. The number of rotatable bonds is 3. The molecule has 1 aromatic rings. The number of aromatic nitrogens is 2. The first kappa shape index (κ1) is 11.2. The van der Waals surface area contributed by atoms with Crippen molar-refractivity contribution in [3.05, 3.63) is 11.4 Å². The summed E-state index contributed by atoms with van der Waals surface area (Å²) < 4.78 is 36.1. The van der Waals surface area contributed by atoms with Crippen LogP contribution in [0.2, 0.25) is 0 Å². The van der Waals surface area contributed by atoms with Crippen molar-refractivity contribution in [1.82, 2.24) is 9.78 Å². The summed E-state index contributed by atoms with van der Waals surface area (Å²) in [7, 11) is -3.03. The van der Waals surface area contributed by atoms with Crippen molar-refractivity contribution in [1.29, 1.82) is 0 Å². The number of nitrogens with zero attached hydrogens (tertiary/aromatic N) is 2. The Morgan fingerprint density at radius 1 is 1.36 bits per heavy atom. The molecule has 0 aliphatic heterocycles. The fourth-order valence-electron chi connectivity index (χ4n) is 1.50. The molecule has 0 radical (unpaired) electrons. The van der Waals surface area contributed by atoms with Crippen molar-refractivity contribution >= 4 is 10.2 Å². The largest absolute Gasteiger partial charge is 0.335 e. The minimum absolute atomic E-state index is 0.245. The highest BCUT2D eigenvalue weighted by molar-refractivity contribution is 7.86. The molecule has 0 aliphatic carbocycles. The van der Waals surface area contributed by atoms with E-state index in [1.165, 1.54) is 4.68 Å². The lowest BCUT2D eigenvalue weighted by atomic mass is 10.2. The molecule has 80 valence electrons. The van der Waals surface area contributed by atoms with Crippen LogP contribution in [0.1, 0.15) is 25.2 Å². The van der Waals surface area contributed by atoms with E-state index in [0.717, 1.165) is 0 Å². The van der Waals surface area contributed by atoms with Crippen LogP contribution in [0, 0.1) is 0 Å². The van der Waals surface area contributed by atoms with E-state index >= 15 is 0 Å². The molecule has 0 spiro atoms. The van der Waals surface area contributed by atoms with E-state index in [1.807, 2.05) is 0 Å². The number of aryl methyl sites for hydroxylation is 2. The molecule has 4 nitrogen and oxygen atoms in total. The standard InChI is InChI=1S/C8H13FN2O2S/c1-4-6-8(14(9,12)13)7(5-2)11(3)10-6/h4-5H2,1-3H3. The zero-order chi connectivity index (χ0) is 10.9. The molecule has 1 rings (SSSR count). The van der Waals surface area contributed by atoms with Gasteiger partial charge in [-0.2, -0.15) is 13.5 Å². The van der Waals surface area contributed by atoms with Gasteiger partial charge in [-0.3, -0.25) is 4.68 Å². The van der Waals surface area contributed by atoms with Gasteiger partial charge in [-0.25, -0.2) is 0 Å². The molecule has 0 atom stereocenters. The van der Waals surface area contributed by atoms with Gasteiger partial charge in [-0.15, -0.1) is 3.89 Å². The predicted octanol–water partition coefficient (Wildman–Crippen LogP) is 1.20. The lowest BCUT2D eigenvalue weighted by Crippen LogP contribution is -2.01. The summed E-state index contributed by atoms with van der Waals surface area (Å²) >= 11 is 0. The van der Waals surface area contributed by atoms with Crippen LogP contribution in [0.5, 0.6) is 0 Å². The third-order valence-electron chi connectivity index (χ3n) is 2.10. The van der Waals surface area contributed by atoms with E-state index in [2.05, 4.69) is 5.10 Å². The maximum Gasteiger partial charge on any atom is 0.335 e. The van der Waals surface area contributed by atoms with Gasteiger partial charge in [-0.05, 0) is 12.8 Å². The Morgan fingerprint density at radius 3 is 2.29 bits per heavy atom. The molecule has 0 aliphatic rings. The first-order valence-electron chi connectivity index (χ1n) is 4.41. The minimum atomic E-state index is -4.65. The van der Waals surface area contributed by atoms with Gasteiger partial charge < -0.3 is 0 Å². The number of hydrogen-bond acceptors (Lipinski definition) is 3. The second-order valence-corrected chi connectivity index (χ2v) is 4.28. The van der Waals surface area contributed by atoms with Crippen molar-refractivity contribution in [2.45, 2.75) is 31.6 Å². The van der Waals surface area contributed by atoms with Crippen LogP contribution in [0.3, 0.4) is 0 Å². The monoisotopic (exact) mass is 220 g/mol. The van der Waals surface area contributed by atoms with Crippen LogP contribution in [-0.4, -0.2) is 18.2 Å². The fraction of sp³-hybridized carbons (Fsp3) is 0.625. The Kier molecular flexibility index (Phi) is 2.94. The van der Waals surface area contributed by atoms with Crippen LogP contribution in [0.15, 0.2) is 4.90 Å². The Bertz CT molecular complexity index is 436. The van der Waals surface area contributed by atoms with Gasteiger partial charge in [0, 0.05) is 7.05 Å². The molecule has 1 aromatic heterocycles. The van der Waals surface area contributed by atoms with Gasteiger partial charge in [0.15, 0.2) is 0 Å². The minimum Gasteiger partial charge on any atom is -0.271 e. The van der Waals surface area contributed by atoms with Crippen LogP contribution in [-0.2, 0) is 30.1 Å². The normalized spacial score (nSPS) is 12.0. The Hall–Kier alpha value is -0.910. The van der Waals surface area contributed by atoms with Gasteiger partial charge in [0.05, 0.1) is 11.4 Å². The molecule has 0 aromatic carbocycles. The Morgan fingerprint density at radius 2 is 1.93 bits per heavy atom. The highest BCUT2D eigenvalue weighted by atomic mass is 32.3. The molecule has 0 N–H and O–H groups in total. The van der Waals surface area contributed by atoms with Crippen molar-refractivity contribution in [2.24, 2.45) is 7.05 Å². The summed E-state index contributed by atoms with van der Waals surface area (Å²) in [4.78, 5) is -0.245. The summed E-state index contributed by atoms with van der Waals surface area (Å²) in [5.74, 6) is 0. The van der Waals surface area contributed by atoms with E-state index in [4.69, 9.17) is 0 Å². The first-order chi connectivity index (χ1) is 6.41. The highest BCUT2D eigenvalue weighted by Gasteiger charge is 2.25. The van der Waals surface area contributed by atoms with E-state index in [9.17, 15) is 12.3 Å². The summed E-state index contributed by atoms with van der Waals surface area (Å²) in [5.41, 5.74) is 0.719. The Balaban J connectivity index is 3.52. The molecular formula is C8H13FN2O2S. The zero-order valence-electron chi connectivity index (χ0n) is 8.41. The average molecular weight is 220 g/mol. The van der Waals surface area contributed by atoms with Crippen LogP contribution in [0.25, 0.3) is 0 Å². The van der Waals surface area contributed by atoms with Crippen LogP contribution >= 0.6 is 0 Å². The zero-order valence-corrected chi connectivity index (χ0v) is 9.23. The van der Waals surface area contributed by atoms with Gasteiger partial charge in [0.1, 0.15) is 4.90 Å². The van der Waals surface area contributed by atoms with E-state index in [1.54, 1.807) is 20.9 Å². The predicted molar refractivity (Wildman–Crippen MR) is 50.3 cm³/mol. The third-order valence-corrected chi connectivity index (χ3v) is 3.06. The Labute approximate surface area is 82.9 Å². The molecule has 0 unspecified atom stereocenters. The quantitative estimate of drug-likeness (QED) is 0.719. The summed E-state index contributed by atoms with van der Waals surface area (Å²) in [6, 6.07) is 0. The number of halogens is 1. The smallest absolute Gasteiger partial charge is 0.271 e. The summed E-state index contributed by atoms with van der Waals surface area (Å²) in [5, 5.41) is 3.96. The molecular weight excluding hydrogens is 207 g/mol. The summed E-state index contributed by atoms with van der Waals surface area (Å²) in [6.07, 6.45) is 0.855. The molecule has 0 saturated heterocycles. The molecule has 0 amide bonds. The topological polar surface area (TPSA) is 52.0 Å². The molecule has 0 bridgehead atoms. The van der Waals surface area contributed by atoms with Crippen molar-refractivity contribution < 1.29 is 12.3 Å². The first-order valence-corrected chi connectivity index (χ1v) is 5.79. The van der Waals surface area contributed by atoms with Crippen LogP contribution in [0.4, 0.5) is 3.89 Å². The van der Waals surface area contributed by atoms with Crippen LogP contribution < -0.4 is 0 Å². The van der Waals surface area contributed by atoms with E-state index in [0.29, 0.717) is 24.2 Å². The lowest BCUT2D eigenvalue weighted by Gasteiger charge is -1.98.